The number of fused-ring (bicyclic) bond motifs is 1. The molecule has 2 aliphatic heterocycles. The second-order valence-electron chi connectivity index (χ2n) is 9.84. The number of carbonyl (C=O) groups excluding carboxylic acids is 4. The molecule has 2 fully saturated rings. The lowest BCUT2D eigenvalue weighted by Gasteiger charge is -2.29. The monoisotopic (exact) mass is 566 g/mol. The number of quaternary nitrogens is 1. The van der Waals surface area contributed by atoms with E-state index in [2.05, 4.69) is 21.7 Å². The molecule has 5 atom stereocenters. The Bertz CT molecular complexity index is 1030. The Kier molecular flexibility index (Phi) is 10.9. The number of carbonyl (C=O) groups is 5. The minimum atomic E-state index is -1.20. The molecule has 0 aliphatic carbocycles. The van der Waals surface area contributed by atoms with Crippen molar-refractivity contribution in [2.45, 2.75) is 63.3 Å². The van der Waals surface area contributed by atoms with E-state index in [4.69, 9.17) is 0 Å². The lowest BCUT2D eigenvalue weighted by Crippen LogP contribution is -2.70. The smallest absolute Gasteiger partial charge is 0.327 e. The van der Waals surface area contributed by atoms with Crippen LogP contribution in [0.4, 0.5) is 0 Å². The predicted molar refractivity (Wildman–Crippen MR) is 145 cm³/mol. The van der Waals surface area contributed by atoms with Crippen LogP contribution in [0.25, 0.3) is 0 Å². The fraction of sp³-hybridized carbons (Fsp3) is 0.560. The highest BCUT2D eigenvalue weighted by molar-refractivity contribution is 8.76. The molecule has 0 spiro atoms. The van der Waals surface area contributed by atoms with Gasteiger partial charge in [0.1, 0.15) is 24.2 Å². The fourth-order valence-electron chi connectivity index (χ4n) is 4.41. The number of amides is 4. The quantitative estimate of drug-likeness (QED) is 0.301. The SMILES string of the molecule is CC(C)[C@@H]1NC(=O)[C@H](Cc2ccccc2)NC(=O)[C@@H]2CCCN2C(=O)[C@@H]([NH3+])CSSC[C@@H](C(=O)O)NC1=O. The van der Waals surface area contributed by atoms with Crippen LogP contribution in [0.1, 0.15) is 32.3 Å². The van der Waals surface area contributed by atoms with Gasteiger partial charge in [-0.3, -0.25) is 19.2 Å². The van der Waals surface area contributed by atoms with Crippen molar-refractivity contribution < 1.29 is 34.8 Å². The first-order chi connectivity index (χ1) is 18.1. The highest BCUT2D eigenvalue weighted by Crippen LogP contribution is 2.25. The normalized spacial score (nSPS) is 28.2. The van der Waals surface area contributed by atoms with Gasteiger partial charge in [-0.2, -0.15) is 0 Å². The first-order valence-corrected chi connectivity index (χ1v) is 15.1. The Morgan fingerprint density at radius 2 is 1.71 bits per heavy atom. The summed E-state index contributed by atoms with van der Waals surface area (Å²) in [5.41, 5.74) is 4.76. The van der Waals surface area contributed by atoms with E-state index in [1.165, 1.54) is 26.5 Å². The van der Waals surface area contributed by atoms with E-state index >= 15 is 0 Å². The number of carboxylic acid groups (broad SMARTS) is 1. The number of nitrogens with zero attached hydrogens (tertiary/aromatic N) is 1. The second kappa shape index (κ2) is 13.9. The van der Waals surface area contributed by atoms with E-state index in [0.717, 1.165) is 5.56 Å². The van der Waals surface area contributed by atoms with E-state index in [1.54, 1.807) is 13.8 Å². The molecule has 11 nitrogen and oxygen atoms in total. The molecule has 0 saturated carbocycles. The lowest BCUT2D eigenvalue weighted by molar-refractivity contribution is -0.398. The van der Waals surface area contributed by atoms with Crippen LogP contribution >= 0.6 is 21.6 Å². The van der Waals surface area contributed by atoms with E-state index in [-0.39, 0.29) is 24.0 Å². The molecule has 2 saturated heterocycles. The molecule has 3 rings (SSSR count). The summed E-state index contributed by atoms with van der Waals surface area (Å²) in [7, 11) is 2.51. The first-order valence-electron chi connectivity index (χ1n) is 12.6. The van der Waals surface area contributed by atoms with Gasteiger partial charge in [-0.05, 0) is 24.3 Å². The molecule has 4 amide bonds. The molecular formula is C25H36N5O6S2+. The molecule has 2 aliphatic rings. The molecule has 0 bridgehead atoms. The largest absolute Gasteiger partial charge is 0.480 e. The van der Waals surface area contributed by atoms with Gasteiger partial charge in [0.15, 0.2) is 6.04 Å². The van der Waals surface area contributed by atoms with Gasteiger partial charge in [0.05, 0.1) is 5.75 Å². The number of benzene rings is 1. The molecule has 1 aromatic rings. The summed E-state index contributed by atoms with van der Waals surface area (Å²) in [4.78, 5) is 66.4. The van der Waals surface area contributed by atoms with Gasteiger partial charge in [0.25, 0.3) is 5.91 Å². The Morgan fingerprint density at radius 1 is 1.03 bits per heavy atom. The van der Waals surface area contributed by atoms with Crippen molar-refractivity contribution >= 4 is 51.2 Å². The highest BCUT2D eigenvalue weighted by Gasteiger charge is 2.39. The van der Waals surface area contributed by atoms with Gasteiger partial charge in [-0.1, -0.05) is 65.8 Å². The summed E-state index contributed by atoms with van der Waals surface area (Å²) < 4.78 is 0. The molecule has 13 heteroatoms. The van der Waals surface area contributed by atoms with Gasteiger partial charge in [-0.25, -0.2) is 4.79 Å². The Balaban J connectivity index is 1.93. The molecule has 0 aromatic heterocycles. The van der Waals surface area contributed by atoms with Crippen molar-refractivity contribution in [2.24, 2.45) is 5.92 Å². The van der Waals surface area contributed by atoms with Gasteiger partial charge in [0.2, 0.25) is 17.7 Å². The van der Waals surface area contributed by atoms with E-state index in [1.807, 2.05) is 30.3 Å². The topological polar surface area (TPSA) is 173 Å². The molecular weight excluding hydrogens is 530 g/mol. The number of aliphatic carboxylic acids is 1. The number of nitrogens with one attached hydrogen (secondary N) is 3. The van der Waals surface area contributed by atoms with Crippen LogP contribution in [0.15, 0.2) is 30.3 Å². The molecule has 0 unspecified atom stereocenters. The van der Waals surface area contributed by atoms with E-state index in [9.17, 15) is 29.1 Å². The number of rotatable bonds is 4. The fourth-order valence-corrected chi connectivity index (χ4v) is 6.75. The van der Waals surface area contributed by atoms with E-state index < -0.39 is 53.9 Å². The zero-order valence-electron chi connectivity index (χ0n) is 21.6. The predicted octanol–water partition coefficient (Wildman–Crippen LogP) is -0.579. The minimum absolute atomic E-state index is 0.0639. The summed E-state index contributed by atoms with van der Waals surface area (Å²) in [6.07, 6.45) is 1.31. The van der Waals surface area contributed by atoms with Gasteiger partial charge >= 0.3 is 5.97 Å². The van der Waals surface area contributed by atoms with Gasteiger partial charge < -0.3 is 31.7 Å². The summed E-state index contributed by atoms with van der Waals surface area (Å²) in [5.74, 6) is -3.03. The minimum Gasteiger partial charge on any atom is -0.480 e. The van der Waals surface area contributed by atoms with Crippen molar-refractivity contribution in [2.75, 3.05) is 18.1 Å². The third-order valence-corrected chi connectivity index (χ3v) is 9.04. The van der Waals surface area contributed by atoms with Crippen LogP contribution in [-0.2, 0) is 30.4 Å². The maximum atomic E-state index is 13.5. The zero-order chi connectivity index (χ0) is 27.8. The molecule has 0 radical (unpaired) electrons. The average molecular weight is 567 g/mol. The number of hydrogen-bond donors (Lipinski definition) is 5. The van der Waals surface area contributed by atoms with Crippen molar-refractivity contribution in [1.29, 1.82) is 0 Å². The Labute approximate surface area is 229 Å². The maximum Gasteiger partial charge on any atom is 0.327 e. The van der Waals surface area contributed by atoms with Gasteiger partial charge in [-0.15, -0.1) is 0 Å². The van der Waals surface area contributed by atoms with Crippen LogP contribution in [0, 0.1) is 5.92 Å². The number of carboxylic acids is 1. The first kappa shape index (κ1) is 29.8. The van der Waals surface area contributed by atoms with E-state index in [0.29, 0.717) is 25.1 Å². The Morgan fingerprint density at radius 3 is 2.37 bits per heavy atom. The van der Waals surface area contributed by atoms with Crippen molar-refractivity contribution in [1.82, 2.24) is 20.9 Å². The molecule has 7 N–H and O–H groups in total. The lowest BCUT2D eigenvalue weighted by atomic mass is 10.0. The Hall–Kier alpha value is -2.77. The van der Waals surface area contributed by atoms with Crippen LogP contribution in [-0.4, -0.2) is 87.9 Å². The third-order valence-electron chi connectivity index (χ3n) is 6.55. The average Bonchev–Trinajstić information content (AvgIpc) is 3.37. The molecule has 1 aromatic carbocycles. The van der Waals surface area contributed by atoms with Crippen molar-refractivity contribution in [3.8, 4) is 0 Å². The summed E-state index contributed by atoms with van der Waals surface area (Å²) in [5, 5.41) is 17.7. The van der Waals surface area contributed by atoms with Crippen molar-refractivity contribution in [3.05, 3.63) is 35.9 Å². The van der Waals surface area contributed by atoms with Crippen LogP contribution < -0.4 is 21.7 Å². The summed E-state index contributed by atoms with van der Waals surface area (Å²) in [6.45, 7) is 3.91. The van der Waals surface area contributed by atoms with Crippen molar-refractivity contribution in [3.63, 3.8) is 0 Å². The van der Waals surface area contributed by atoms with Crippen LogP contribution in [0.3, 0.4) is 0 Å². The molecule has 208 valence electrons. The highest BCUT2D eigenvalue weighted by atomic mass is 33.1. The third kappa shape index (κ3) is 7.87. The standard InChI is InChI=1S/C25H35N5O6S2/c1-14(2)20-23(33)28-18(25(35)36)13-38-37-12-16(26)24(34)30-10-6-9-19(30)22(32)27-17(21(31)29-20)11-15-7-4-3-5-8-15/h3-5,7-8,14,16-20H,6,9-13,26H2,1-2H3,(H,27,32)(H,28,33)(H,29,31)(H,35,36)/p+1/t16-,17-,18-,19-,20-/m0/s1. The maximum absolute atomic E-state index is 13.5. The summed E-state index contributed by atoms with van der Waals surface area (Å²) in [6, 6.07) is 4.60. The van der Waals surface area contributed by atoms with Crippen LogP contribution in [0.5, 0.6) is 0 Å². The summed E-state index contributed by atoms with van der Waals surface area (Å²) >= 11 is 0. The van der Waals surface area contributed by atoms with Crippen LogP contribution in [0.2, 0.25) is 0 Å². The molecule has 2 heterocycles. The molecule has 38 heavy (non-hydrogen) atoms. The number of hydrogen-bond acceptors (Lipinski definition) is 7. The zero-order valence-corrected chi connectivity index (χ0v) is 23.2. The van der Waals surface area contributed by atoms with Gasteiger partial charge in [0, 0.05) is 18.7 Å². The second-order valence-corrected chi connectivity index (χ2v) is 12.4.